The standard InChI is InChI=1S/C46H89N5O5S/c1-6-10-20-29-42(30-21-11-7-2)34-40-56-44(53)32-23-17-15-19-25-37-51(38-26-35-48-46-45(47-5)49-57(54)50-46)36-24-18-14-16-22-31-43(52)55-39-33-41(27-12-8-3)28-13-9-4/h41-42H,6-40H2,1-5H3,(H,47,49)(H,48,50). The van der Waals surface area contributed by atoms with E-state index < -0.39 is 11.1 Å². The highest BCUT2D eigenvalue weighted by Crippen LogP contribution is 2.22. The van der Waals surface area contributed by atoms with E-state index in [4.69, 9.17) is 9.47 Å². The van der Waals surface area contributed by atoms with Gasteiger partial charge in [0.2, 0.25) is 11.0 Å². The number of H-pyrrole nitrogens is 2. The molecule has 334 valence electrons. The molecule has 1 aromatic heterocycles. The van der Waals surface area contributed by atoms with E-state index in [1.807, 2.05) is 0 Å². The van der Waals surface area contributed by atoms with E-state index in [0.717, 1.165) is 103 Å². The van der Waals surface area contributed by atoms with Crippen LogP contribution < -0.4 is 11.0 Å². The minimum Gasteiger partial charge on any atom is -0.549 e. The van der Waals surface area contributed by atoms with Gasteiger partial charge in [-0.2, -0.15) is 8.75 Å². The Balaban J connectivity index is 2.36. The maximum atomic E-state index is 12.4. The van der Waals surface area contributed by atoms with Crippen LogP contribution in [0.2, 0.25) is 0 Å². The largest absolute Gasteiger partial charge is 0.549 e. The second kappa shape index (κ2) is 38.2. The molecule has 0 amide bonds. The van der Waals surface area contributed by atoms with Crippen molar-refractivity contribution >= 4 is 23.1 Å². The topological polar surface area (TPSA) is 135 Å². The molecule has 0 aliphatic rings. The Morgan fingerprint density at radius 3 is 1.46 bits per heavy atom. The zero-order chi connectivity index (χ0) is 41.6. The second-order valence-electron chi connectivity index (χ2n) is 16.5. The normalized spacial score (nSPS) is 12.8. The van der Waals surface area contributed by atoms with Crippen molar-refractivity contribution in [2.24, 2.45) is 21.8 Å². The molecular weight excluding hydrogens is 735 g/mol. The number of esters is 2. The van der Waals surface area contributed by atoms with Crippen molar-refractivity contribution in [1.29, 1.82) is 0 Å². The molecule has 0 aliphatic heterocycles. The molecule has 2 N–H and O–H groups in total. The number of carbonyl (C=O) groups excluding carboxylic acids is 2. The molecular formula is C46H89N5O5S. The van der Waals surface area contributed by atoms with Crippen LogP contribution in [0.15, 0.2) is 9.98 Å². The average Bonchev–Trinajstić information content (AvgIpc) is 3.57. The molecule has 0 fully saturated rings. The SMILES string of the molecule is CCCCCC(CCCCC)CCOC(=O)CCCCCCCN(CCCCCCCC(=O)OCCC(CCCC)CCCC)CCCN=c1[nH][s+]([O-])[nH]c1=NC. The Labute approximate surface area is 352 Å². The maximum absolute atomic E-state index is 12.4. The van der Waals surface area contributed by atoms with Gasteiger partial charge in [0.1, 0.15) is 11.1 Å². The van der Waals surface area contributed by atoms with Gasteiger partial charge < -0.3 is 18.9 Å². The molecule has 10 nitrogen and oxygen atoms in total. The van der Waals surface area contributed by atoms with Crippen LogP contribution in [-0.4, -0.2) is 76.6 Å². The van der Waals surface area contributed by atoms with Crippen LogP contribution in [0.1, 0.15) is 214 Å². The summed E-state index contributed by atoms with van der Waals surface area (Å²) >= 11 is -1.36. The summed E-state index contributed by atoms with van der Waals surface area (Å²) in [7, 11) is 1.67. The van der Waals surface area contributed by atoms with E-state index in [2.05, 4.69) is 51.3 Å². The molecule has 1 aromatic rings. The highest BCUT2D eigenvalue weighted by Gasteiger charge is 2.12. The van der Waals surface area contributed by atoms with E-state index in [0.29, 0.717) is 55.4 Å². The van der Waals surface area contributed by atoms with Crippen LogP contribution in [0.25, 0.3) is 0 Å². The van der Waals surface area contributed by atoms with Crippen molar-refractivity contribution < 1.29 is 23.6 Å². The summed E-state index contributed by atoms with van der Waals surface area (Å²) in [5.41, 5.74) is 1.13. The second-order valence-corrected chi connectivity index (χ2v) is 17.5. The molecule has 0 saturated heterocycles. The number of unbranched alkanes of at least 4 members (excludes halogenated alkanes) is 14. The lowest BCUT2D eigenvalue weighted by Crippen LogP contribution is -2.29. The Hall–Kier alpha value is -1.98. The van der Waals surface area contributed by atoms with Crippen LogP contribution >= 0.6 is 11.1 Å². The number of nitrogens with one attached hydrogen (secondary N) is 2. The molecule has 0 radical (unpaired) electrons. The summed E-state index contributed by atoms with van der Waals surface area (Å²) in [5, 5.41) is 0. The van der Waals surface area contributed by atoms with Gasteiger partial charge in [-0.15, -0.1) is 0 Å². The molecule has 57 heavy (non-hydrogen) atoms. The summed E-state index contributed by atoms with van der Waals surface area (Å²) in [4.78, 5) is 36.1. The van der Waals surface area contributed by atoms with Gasteiger partial charge in [-0.05, 0) is 76.4 Å². The van der Waals surface area contributed by atoms with Gasteiger partial charge in [0.25, 0.3) is 0 Å². The van der Waals surface area contributed by atoms with E-state index >= 15 is 0 Å². The third-order valence-corrected chi connectivity index (χ3v) is 12.1. The summed E-state index contributed by atoms with van der Waals surface area (Å²) in [6, 6.07) is 0. The smallest absolute Gasteiger partial charge is 0.305 e. The Morgan fingerprint density at radius 1 is 0.561 bits per heavy atom. The highest BCUT2D eigenvalue weighted by atomic mass is 32.2. The molecule has 0 aliphatic carbocycles. The summed E-state index contributed by atoms with van der Waals surface area (Å²) in [6.07, 6.45) is 32.6. The number of nitrogens with zero attached hydrogens (tertiary/aromatic N) is 3. The van der Waals surface area contributed by atoms with Crippen molar-refractivity contribution in [1.82, 2.24) is 13.6 Å². The van der Waals surface area contributed by atoms with E-state index in [-0.39, 0.29) is 11.9 Å². The van der Waals surface area contributed by atoms with Crippen molar-refractivity contribution in [3.8, 4) is 0 Å². The lowest BCUT2D eigenvalue weighted by molar-refractivity contribution is -0.145. The highest BCUT2D eigenvalue weighted by molar-refractivity contribution is 7.13. The number of hydrogen-bond donors (Lipinski definition) is 2. The summed E-state index contributed by atoms with van der Waals surface area (Å²) in [5.74, 6) is 1.33. The van der Waals surface area contributed by atoms with Crippen molar-refractivity contribution in [2.75, 3.05) is 46.4 Å². The van der Waals surface area contributed by atoms with Gasteiger partial charge in [0, 0.05) is 26.4 Å². The van der Waals surface area contributed by atoms with E-state index in [1.54, 1.807) is 7.05 Å². The number of hydrogen-bond acceptors (Lipinski definition) is 8. The zero-order valence-corrected chi connectivity index (χ0v) is 38.5. The molecule has 11 heteroatoms. The molecule has 1 rings (SSSR count). The van der Waals surface area contributed by atoms with Gasteiger partial charge >= 0.3 is 11.9 Å². The molecule has 1 heterocycles. The first-order valence-corrected chi connectivity index (χ1v) is 25.0. The van der Waals surface area contributed by atoms with E-state index in [1.165, 1.54) is 89.9 Å². The molecule has 0 aromatic carbocycles. The average molecular weight is 824 g/mol. The van der Waals surface area contributed by atoms with Gasteiger partial charge in [-0.3, -0.25) is 19.6 Å². The number of ether oxygens (including phenoxy) is 2. The first-order valence-electron chi connectivity index (χ1n) is 23.9. The monoisotopic (exact) mass is 824 g/mol. The van der Waals surface area contributed by atoms with Gasteiger partial charge in [0.15, 0.2) is 0 Å². The number of rotatable bonds is 40. The van der Waals surface area contributed by atoms with Crippen molar-refractivity contribution in [2.45, 2.75) is 214 Å². The fourth-order valence-corrected chi connectivity index (χ4v) is 8.44. The van der Waals surface area contributed by atoms with Gasteiger partial charge in [0.05, 0.1) is 13.2 Å². The Bertz CT molecular complexity index is 1200. The van der Waals surface area contributed by atoms with Gasteiger partial charge in [-0.1, -0.05) is 156 Å². The predicted octanol–water partition coefficient (Wildman–Crippen LogP) is 11.5. The maximum Gasteiger partial charge on any atom is 0.305 e. The molecule has 1 unspecified atom stereocenters. The van der Waals surface area contributed by atoms with Crippen molar-refractivity contribution in [3.63, 3.8) is 0 Å². The molecule has 1 atom stereocenters. The minimum absolute atomic E-state index is 0.0262. The fourth-order valence-electron chi connectivity index (χ4n) is 7.69. The zero-order valence-electron chi connectivity index (χ0n) is 37.7. The lowest BCUT2D eigenvalue weighted by Gasteiger charge is -2.22. The van der Waals surface area contributed by atoms with Gasteiger partial charge in [-0.25, -0.2) is 0 Å². The Morgan fingerprint density at radius 2 is 0.982 bits per heavy atom. The molecule has 0 bridgehead atoms. The molecule has 0 spiro atoms. The van der Waals surface area contributed by atoms with E-state index in [9.17, 15) is 14.1 Å². The first kappa shape index (κ1) is 53.0. The van der Waals surface area contributed by atoms with Crippen LogP contribution in [0.3, 0.4) is 0 Å². The summed E-state index contributed by atoms with van der Waals surface area (Å²) in [6.45, 7) is 13.9. The number of aromatic amines is 2. The van der Waals surface area contributed by atoms with Crippen LogP contribution in [-0.2, 0) is 19.1 Å². The summed E-state index contributed by atoms with van der Waals surface area (Å²) < 4.78 is 28.7. The van der Waals surface area contributed by atoms with Crippen LogP contribution in [0.4, 0.5) is 0 Å². The number of carbonyl (C=O) groups is 2. The third-order valence-electron chi connectivity index (χ3n) is 11.4. The molecule has 0 saturated carbocycles. The third kappa shape index (κ3) is 30.7. The first-order chi connectivity index (χ1) is 27.9. The lowest BCUT2D eigenvalue weighted by atomic mass is 9.92. The van der Waals surface area contributed by atoms with Crippen LogP contribution in [0.5, 0.6) is 0 Å². The minimum atomic E-state index is -1.36. The fraction of sp³-hybridized carbons (Fsp3) is 0.913. The Kier molecular flexibility index (Phi) is 35.6. The predicted molar refractivity (Wildman–Crippen MR) is 238 cm³/mol. The number of aromatic nitrogens is 2. The van der Waals surface area contributed by atoms with Crippen LogP contribution in [0, 0.1) is 11.8 Å². The van der Waals surface area contributed by atoms with Crippen molar-refractivity contribution in [3.05, 3.63) is 11.0 Å². The quantitative estimate of drug-likeness (QED) is 0.0384.